The second-order valence-electron chi connectivity index (χ2n) is 6.57. The molecule has 1 amide bonds. The third kappa shape index (κ3) is 2.68. The molecule has 0 atom stereocenters. The second kappa shape index (κ2) is 6.11. The van der Waals surface area contributed by atoms with Crippen molar-refractivity contribution in [2.24, 2.45) is 0 Å². The van der Waals surface area contributed by atoms with Gasteiger partial charge in [0.15, 0.2) is 0 Å². The number of fused-ring (bicyclic) bond motifs is 1. The summed E-state index contributed by atoms with van der Waals surface area (Å²) in [6.45, 7) is 0. The Balaban J connectivity index is 1.56. The van der Waals surface area contributed by atoms with Gasteiger partial charge in [0.2, 0.25) is 0 Å². The molecule has 0 spiro atoms. The van der Waals surface area contributed by atoms with Crippen LogP contribution in [0.2, 0.25) is 0 Å². The first-order valence-corrected chi connectivity index (χ1v) is 8.53. The lowest BCUT2D eigenvalue weighted by molar-refractivity contribution is 0.0735. The number of imidazole rings is 1. The van der Waals surface area contributed by atoms with Crippen molar-refractivity contribution < 1.29 is 4.79 Å². The highest BCUT2D eigenvalue weighted by Gasteiger charge is 2.24. The number of aromatic nitrogens is 2. The zero-order valence-corrected chi connectivity index (χ0v) is 13.8. The van der Waals surface area contributed by atoms with Gasteiger partial charge in [0.1, 0.15) is 0 Å². The Morgan fingerprint density at radius 1 is 1.08 bits per heavy atom. The van der Waals surface area contributed by atoms with E-state index in [1.807, 2.05) is 42.3 Å². The van der Waals surface area contributed by atoms with Gasteiger partial charge in [-0.15, -0.1) is 0 Å². The summed E-state index contributed by atoms with van der Waals surface area (Å²) in [7, 11) is 1.93. The van der Waals surface area contributed by atoms with E-state index in [9.17, 15) is 4.79 Å². The number of aromatic amines is 1. The fraction of sp³-hybridized carbons (Fsp3) is 0.300. The van der Waals surface area contributed by atoms with E-state index in [4.69, 9.17) is 0 Å². The Morgan fingerprint density at radius 3 is 2.54 bits per heavy atom. The Kier molecular flexibility index (Phi) is 3.81. The van der Waals surface area contributed by atoms with Crippen molar-refractivity contribution in [3.63, 3.8) is 0 Å². The highest BCUT2D eigenvalue weighted by atomic mass is 16.2. The minimum atomic E-state index is 0.121. The van der Waals surface area contributed by atoms with Crippen LogP contribution in [-0.2, 0) is 0 Å². The minimum Gasteiger partial charge on any atom is -0.345 e. The molecular weight excluding hydrogens is 298 g/mol. The van der Waals surface area contributed by atoms with Gasteiger partial charge in [-0.1, -0.05) is 31.0 Å². The number of carbonyl (C=O) groups excluding carboxylic acids is 1. The molecule has 2 aromatic carbocycles. The van der Waals surface area contributed by atoms with E-state index in [0.29, 0.717) is 6.04 Å². The lowest BCUT2D eigenvalue weighted by Crippen LogP contribution is -2.35. The molecule has 0 saturated heterocycles. The maximum Gasteiger partial charge on any atom is 0.253 e. The van der Waals surface area contributed by atoms with Crippen LogP contribution in [-0.4, -0.2) is 33.9 Å². The molecule has 1 aromatic heterocycles. The lowest BCUT2D eigenvalue weighted by atomic mass is 10.0. The van der Waals surface area contributed by atoms with Crippen LogP contribution >= 0.6 is 0 Å². The van der Waals surface area contributed by atoms with Gasteiger partial charge in [0, 0.05) is 18.7 Å². The molecule has 3 aromatic rings. The number of benzene rings is 2. The van der Waals surface area contributed by atoms with E-state index < -0.39 is 0 Å². The predicted molar refractivity (Wildman–Crippen MR) is 95.9 cm³/mol. The molecule has 1 aliphatic rings. The molecule has 1 fully saturated rings. The van der Waals surface area contributed by atoms with Gasteiger partial charge in [-0.3, -0.25) is 4.79 Å². The van der Waals surface area contributed by atoms with Crippen molar-refractivity contribution in [3.05, 3.63) is 54.4 Å². The highest BCUT2D eigenvalue weighted by molar-refractivity contribution is 5.95. The zero-order valence-electron chi connectivity index (χ0n) is 13.8. The van der Waals surface area contributed by atoms with Crippen molar-refractivity contribution >= 4 is 16.9 Å². The molecule has 0 bridgehead atoms. The van der Waals surface area contributed by atoms with Gasteiger partial charge in [0.05, 0.1) is 17.4 Å². The molecule has 122 valence electrons. The maximum absolute atomic E-state index is 12.6. The quantitative estimate of drug-likeness (QED) is 0.785. The van der Waals surface area contributed by atoms with Crippen molar-refractivity contribution in [2.45, 2.75) is 31.7 Å². The lowest BCUT2D eigenvalue weighted by Gasteiger charge is -2.24. The molecule has 0 radical (unpaired) electrons. The second-order valence-corrected chi connectivity index (χ2v) is 6.57. The van der Waals surface area contributed by atoms with Crippen LogP contribution in [0.3, 0.4) is 0 Å². The van der Waals surface area contributed by atoms with E-state index >= 15 is 0 Å². The van der Waals surface area contributed by atoms with Gasteiger partial charge in [-0.05, 0) is 48.2 Å². The number of hydrogen-bond donors (Lipinski definition) is 1. The van der Waals surface area contributed by atoms with E-state index in [1.54, 1.807) is 6.33 Å². The maximum atomic E-state index is 12.6. The standard InChI is InChI=1S/C20H21N3O/c1-23(17-4-2-3-5-17)20(24)15-8-6-14(7-9-15)16-10-11-18-19(12-16)22-13-21-18/h6-13,17H,2-5H2,1H3,(H,21,22). The number of rotatable bonds is 3. The Bertz CT molecular complexity index is 860. The number of H-pyrrole nitrogens is 1. The molecule has 1 N–H and O–H groups in total. The van der Waals surface area contributed by atoms with Crippen molar-refractivity contribution in [1.82, 2.24) is 14.9 Å². The fourth-order valence-electron chi connectivity index (χ4n) is 3.58. The molecule has 1 heterocycles. The monoisotopic (exact) mass is 319 g/mol. The van der Waals surface area contributed by atoms with E-state index in [2.05, 4.69) is 22.1 Å². The first-order chi connectivity index (χ1) is 11.7. The van der Waals surface area contributed by atoms with E-state index in [-0.39, 0.29) is 5.91 Å². The summed E-state index contributed by atoms with van der Waals surface area (Å²) in [5, 5.41) is 0. The average Bonchev–Trinajstić information content (AvgIpc) is 3.31. The van der Waals surface area contributed by atoms with Crippen LogP contribution in [0.1, 0.15) is 36.0 Å². The molecule has 1 saturated carbocycles. The number of nitrogens with one attached hydrogen (secondary N) is 1. The summed E-state index contributed by atoms with van der Waals surface area (Å²) in [6, 6.07) is 14.5. The molecule has 0 unspecified atom stereocenters. The molecule has 4 nitrogen and oxygen atoms in total. The van der Waals surface area contributed by atoms with Crippen LogP contribution in [0.25, 0.3) is 22.2 Å². The van der Waals surface area contributed by atoms with E-state index in [1.165, 1.54) is 12.8 Å². The number of amides is 1. The zero-order chi connectivity index (χ0) is 16.5. The smallest absolute Gasteiger partial charge is 0.253 e. The van der Waals surface area contributed by atoms with Gasteiger partial charge in [-0.2, -0.15) is 0 Å². The van der Waals surface area contributed by atoms with Crippen LogP contribution in [0.5, 0.6) is 0 Å². The van der Waals surface area contributed by atoms with Gasteiger partial charge in [-0.25, -0.2) is 4.98 Å². The van der Waals surface area contributed by atoms with E-state index in [0.717, 1.165) is 40.6 Å². The van der Waals surface area contributed by atoms with Crippen LogP contribution < -0.4 is 0 Å². The molecular formula is C20H21N3O. The molecule has 24 heavy (non-hydrogen) atoms. The van der Waals surface area contributed by atoms with Crippen LogP contribution in [0.4, 0.5) is 0 Å². The average molecular weight is 319 g/mol. The van der Waals surface area contributed by atoms with Crippen molar-refractivity contribution in [1.29, 1.82) is 0 Å². The Morgan fingerprint density at radius 2 is 1.79 bits per heavy atom. The third-order valence-corrected chi connectivity index (χ3v) is 5.08. The molecule has 1 aliphatic carbocycles. The van der Waals surface area contributed by atoms with Gasteiger partial charge in [0.25, 0.3) is 5.91 Å². The van der Waals surface area contributed by atoms with Crippen LogP contribution in [0, 0.1) is 0 Å². The highest BCUT2D eigenvalue weighted by Crippen LogP contribution is 2.26. The summed E-state index contributed by atoms with van der Waals surface area (Å²) < 4.78 is 0. The van der Waals surface area contributed by atoms with Gasteiger partial charge < -0.3 is 9.88 Å². The normalized spacial score (nSPS) is 15.0. The minimum absolute atomic E-state index is 0.121. The Hall–Kier alpha value is -2.62. The van der Waals surface area contributed by atoms with Gasteiger partial charge >= 0.3 is 0 Å². The molecule has 0 aliphatic heterocycles. The first-order valence-electron chi connectivity index (χ1n) is 8.53. The summed E-state index contributed by atoms with van der Waals surface area (Å²) in [5.74, 6) is 0.121. The third-order valence-electron chi connectivity index (χ3n) is 5.08. The first kappa shape index (κ1) is 14.9. The van der Waals surface area contributed by atoms with Crippen molar-refractivity contribution in [3.8, 4) is 11.1 Å². The summed E-state index contributed by atoms with van der Waals surface area (Å²) in [5.41, 5.74) is 4.95. The topological polar surface area (TPSA) is 49.0 Å². The van der Waals surface area contributed by atoms with Crippen molar-refractivity contribution in [2.75, 3.05) is 7.05 Å². The Labute approximate surface area is 141 Å². The summed E-state index contributed by atoms with van der Waals surface area (Å²) in [6.07, 6.45) is 6.43. The molecule has 4 heteroatoms. The number of carbonyl (C=O) groups is 1. The number of hydrogen-bond acceptors (Lipinski definition) is 2. The summed E-state index contributed by atoms with van der Waals surface area (Å²) >= 11 is 0. The fourth-order valence-corrected chi connectivity index (χ4v) is 3.58. The largest absolute Gasteiger partial charge is 0.345 e. The molecule has 4 rings (SSSR count). The predicted octanol–water partition coefficient (Wildman–Crippen LogP) is 4.24. The van der Waals surface area contributed by atoms with Crippen LogP contribution in [0.15, 0.2) is 48.8 Å². The summed E-state index contributed by atoms with van der Waals surface area (Å²) in [4.78, 5) is 21.9. The SMILES string of the molecule is CN(C(=O)c1ccc(-c2ccc3[nH]cnc3c2)cc1)C1CCCC1. The number of nitrogens with zero attached hydrogens (tertiary/aromatic N) is 2.